The maximum absolute atomic E-state index is 12.6. The Morgan fingerprint density at radius 2 is 1.69 bits per heavy atom. The van der Waals surface area contributed by atoms with Gasteiger partial charge in [0.25, 0.3) is 0 Å². The van der Waals surface area contributed by atoms with E-state index >= 15 is 0 Å². The summed E-state index contributed by atoms with van der Waals surface area (Å²) in [6.45, 7) is 0. The van der Waals surface area contributed by atoms with Gasteiger partial charge in [0.1, 0.15) is 6.26 Å². The van der Waals surface area contributed by atoms with E-state index in [1.807, 2.05) is 66.7 Å². The van der Waals surface area contributed by atoms with E-state index in [0.717, 1.165) is 22.0 Å². The molecule has 0 fully saturated rings. The van der Waals surface area contributed by atoms with Gasteiger partial charge in [-0.15, -0.1) is 0 Å². The van der Waals surface area contributed by atoms with Gasteiger partial charge in [0, 0.05) is 18.3 Å². The van der Waals surface area contributed by atoms with Crippen molar-refractivity contribution in [2.75, 3.05) is 11.9 Å². The molecule has 0 saturated carbocycles. The summed E-state index contributed by atoms with van der Waals surface area (Å²) in [7, 11) is 1.78. The van der Waals surface area contributed by atoms with E-state index < -0.39 is 0 Å². The highest BCUT2D eigenvalue weighted by molar-refractivity contribution is 5.96. The van der Waals surface area contributed by atoms with Crippen molar-refractivity contribution in [2.45, 2.75) is 6.42 Å². The van der Waals surface area contributed by atoms with Crippen LogP contribution in [0, 0.1) is 0 Å². The summed E-state index contributed by atoms with van der Waals surface area (Å²) < 4.78 is 5.51. The van der Waals surface area contributed by atoms with Crippen LogP contribution in [0.4, 0.5) is 5.69 Å². The molecule has 0 radical (unpaired) electrons. The predicted octanol–water partition coefficient (Wildman–Crippen LogP) is 4.70. The molecule has 26 heavy (non-hydrogen) atoms. The van der Waals surface area contributed by atoms with Crippen LogP contribution in [0.15, 0.2) is 83.5 Å². The first kappa shape index (κ1) is 16.1. The highest BCUT2D eigenvalue weighted by Crippen LogP contribution is 2.23. The van der Waals surface area contributed by atoms with Gasteiger partial charge in [-0.1, -0.05) is 48.5 Å². The van der Waals surface area contributed by atoms with Crippen LogP contribution in [-0.4, -0.2) is 17.9 Å². The first-order valence-electron chi connectivity index (χ1n) is 8.46. The number of aromatic nitrogens is 1. The number of likely N-dealkylation sites (N-methyl/N-ethyl adjacent to an activating group) is 1. The molecule has 0 atom stereocenters. The number of fused-ring (bicyclic) bond motifs is 1. The molecule has 128 valence electrons. The first-order chi connectivity index (χ1) is 12.7. The van der Waals surface area contributed by atoms with E-state index in [9.17, 15) is 4.79 Å². The molecule has 4 rings (SSSR count). The number of rotatable bonds is 4. The Bertz CT molecular complexity index is 1050. The molecule has 0 saturated heterocycles. The van der Waals surface area contributed by atoms with Crippen molar-refractivity contribution < 1.29 is 9.21 Å². The van der Waals surface area contributed by atoms with Gasteiger partial charge in [0.2, 0.25) is 11.8 Å². The summed E-state index contributed by atoms with van der Waals surface area (Å²) >= 11 is 0. The predicted molar refractivity (Wildman–Crippen MR) is 103 cm³/mol. The quantitative estimate of drug-likeness (QED) is 0.540. The van der Waals surface area contributed by atoms with Crippen LogP contribution in [-0.2, 0) is 11.2 Å². The second kappa shape index (κ2) is 6.84. The molecule has 4 nitrogen and oxygen atoms in total. The van der Waals surface area contributed by atoms with Gasteiger partial charge in [-0.25, -0.2) is 4.98 Å². The van der Waals surface area contributed by atoms with Crippen LogP contribution in [0.1, 0.15) is 5.69 Å². The van der Waals surface area contributed by atoms with E-state index in [0.29, 0.717) is 11.6 Å². The number of amides is 1. The minimum absolute atomic E-state index is 0.0341. The molecule has 1 amide bonds. The lowest BCUT2D eigenvalue weighted by molar-refractivity contribution is -0.117. The normalized spacial score (nSPS) is 10.8. The van der Waals surface area contributed by atoms with Gasteiger partial charge in [-0.05, 0) is 35.0 Å². The van der Waals surface area contributed by atoms with Crippen LogP contribution < -0.4 is 4.90 Å². The zero-order valence-electron chi connectivity index (χ0n) is 14.4. The molecule has 0 aliphatic carbocycles. The minimum Gasteiger partial charge on any atom is -0.444 e. The summed E-state index contributed by atoms with van der Waals surface area (Å²) in [5, 5.41) is 2.26. The molecule has 0 aliphatic heterocycles. The number of hydrogen-bond donors (Lipinski definition) is 0. The zero-order valence-corrected chi connectivity index (χ0v) is 14.4. The summed E-state index contributed by atoms with van der Waals surface area (Å²) in [5.41, 5.74) is 2.39. The fourth-order valence-electron chi connectivity index (χ4n) is 2.90. The van der Waals surface area contributed by atoms with Gasteiger partial charge in [0.05, 0.1) is 12.1 Å². The van der Waals surface area contributed by atoms with E-state index in [-0.39, 0.29) is 12.3 Å². The Hall–Kier alpha value is -3.40. The second-order valence-electron chi connectivity index (χ2n) is 6.17. The molecular formula is C22H18N2O2. The van der Waals surface area contributed by atoms with Gasteiger partial charge >= 0.3 is 0 Å². The van der Waals surface area contributed by atoms with E-state index in [1.54, 1.807) is 18.2 Å². The highest BCUT2D eigenvalue weighted by Gasteiger charge is 2.15. The maximum Gasteiger partial charge on any atom is 0.232 e. The summed E-state index contributed by atoms with van der Waals surface area (Å²) in [6.07, 6.45) is 1.74. The molecule has 3 aromatic carbocycles. The Balaban J connectivity index is 1.51. The lowest BCUT2D eigenvalue weighted by Crippen LogP contribution is -2.27. The molecule has 0 aliphatic rings. The number of nitrogens with zero attached hydrogens (tertiary/aromatic N) is 2. The van der Waals surface area contributed by atoms with Crippen LogP contribution in [0.5, 0.6) is 0 Å². The van der Waals surface area contributed by atoms with Crippen molar-refractivity contribution in [3.63, 3.8) is 0 Å². The third-order valence-corrected chi connectivity index (χ3v) is 4.40. The van der Waals surface area contributed by atoms with Gasteiger partial charge in [-0.2, -0.15) is 0 Å². The van der Waals surface area contributed by atoms with Crippen LogP contribution in [0.2, 0.25) is 0 Å². The minimum atomic E-state index is -0.0341. The Morgan fingerprint density at radius 1 is 0.962 bits per heavy atom. The molecular weight excluding hydrogens is 324 g/mol. The molecule has 4 aromatic rings. The third kappa shape index (κ3) is 3.22. The molecule has 4 heteroatoms. The summed E-state index contributed by atoms with van der Waals surface area (Å²) in [4.78, 5) is 18.7. The average molecular weight is 342 g/mol. The lowest BCUT2D eigenvalue weighted by atomic mass is 10.1. The fourth-order valence-corrected chi connectivity index (χ4v) is 2.90. The molecule has 1 aromatic heterocycles. The summed E-state index contributed by atoms with van der Waals surface area (Å²) in [5.74, 6) is 0.495. The molecule has 0 bridgehead atoms. The Kier molecular flexibility index (Phi) is 4.23. The van der Waals surface area contributed by atoms with Crippen molar-refractivity contribution in [1.29, 1.82) is 0 Å². The van der Waals surface area contributed by atoms with Gasteiger partial charge in [-0.3, -0.25) is 4.79 Å². The maximum atomic E-state index is 12.6. The van der Waals surface area contributed by atoms with Crippen LogP contribution in [0.3, 0.4) is 0 Å². The number of benzene rings is 3. The number of hydrogen-bond acceptors (Lipinski definition) is 3. The van der Waals surface area contributed by atoms with Crippen LogP contribution >= 0.6 is 0 Å². The molecule has 0 unspecified atom stereocenters. The summed E-state index contributed by atoms with van der Waals surface area (Å²) in [6, 6.07) is 23.8. The van der Waals surface area contributed by atoms with Crippen molar-refractivity contribution in [1.82, 2.24) is 4.98 Å². The van der Waals surface area contributed by atoms with E-state index in [2.05, 4.69) is 11.1 Å². The van der Waals surface area contributed by atoms with Crippen molar-refractivity contribution in [3.8, 4) is 11.5 Å². The molecule has 0 spiro atoms. The van der Waals surface area contributed by atoms with Crippen LogP contribution in [0.25, 0.3) is 22.2 Å². The number of anilines is 1. The number of carbonyl (C=O) groups is 1. The molecule has 1 heterocycles. The van der Waals surface area contributed by atoms with E-state index in [1.165, 1.54) is 0 Å². The molecule has 0 N–H and O–H groups in total. The topological polar surface area (TPSA) is 46.3 Å². The van der Waals surface area contributed by atoms with Crippen molar-refractivity contribution >= 4 is 22.4 Å². The lowest BCUT2D eigenvalue weighted by Gasteiger charge is -2.17. The third-order valence-electron chi connectivity index (χ3n) is 4.40. The smallest absolute Gasteiger partial charge is 0.232 e. The standard InChI is InChI=1S/C22H18N2O2/c1-24(20-12-11-16-7-5-6-10-18(16)13-20)21(25)14-19-15-26-22(23-19)17-8-3-2-4-9-17/h2-13,15H,14H2,1H3. The number of carbonyl (C=O) groups excluding carboxylic acids is 1. The van der Waals surface area contributed by atoms with Gasteiger partial charge < -0.3 is 9.32 Å². The largest absolute Gasteiger partial charge is 0.444 e. The SMILES string of the molecule is CN(C(=O)Cc1coc(-c2ccccc2)n1)c1ccc2ccccc2c1. The highest BCUT2D eigenvalue weighted by atomic mass is 16.3. The fraction of sp³-hybridized carbons (Fsp3) is 0.0909. The Labute approximate surface area is 151 Å². The monoisotopic (exact) mass is 342 g/mol. The van der Waals surface area contributed by atoms with E-state index in [4.69, 9.17) is 4.42 Å². The van der Waals surface area contributed by atoms with Gasteiger partial charge in [0.15, 0.2) is 0 Å². The Morgan fingerprint density at radius 3 is 2.50 bits per heavy atom. The van der Waals surface area contributed by atoms with Crippen molar-refractivity contribution in [3.05, 3.63) is 84.8 Å². The van der Waals surface area contributed by atoms with Crippen molar-refractivity contribution in [2.24, 2.45) is 0 Å². The number of oxazole rings is 1. The zero-order chi connectivity index (χ0) is 17.9. The average Bonchev–Trinajstić information content (AvgIpc) is 3.16. The first-order valence-corrected chi connectivity index (χ1v) is 8.46. The second-order valence-corrected chi connectivity index (χ2v) is 6.17.